The van der Waals surface area contributed by atoms with Gasteiger partial charge in [0.05, 0.1) is 13.2 Å². The van der Waals surface area contributed by atoms with E-state index in [-0.39, 0.29) is 24.0 Å². The Morgan fingerprint density at radius 2 is 0.746 bits per heavy atom. The summed E-state index contributed by atoms with van der Waals surface area (Å²) in [5.41, 5.74) is 0. The molecule has 0 aliphatic heterocycles. The van der Waals surface area contributed by atoms with Crippen LogP contribution in [0.1, 0.15) is 266 Å². The molecule has 0 saturated heterocycles. The highest BCUT2D eigenvalue weighted by Gasteiger charge is 2.17. The molecule has 0 atom stereocenters. The smallest absolute Gasteiger partial charge is 0.306 e. The van der Waals surface area contributed by atoms with E-state index in [0.717, 1.165) is 135 Å². The van der Waals surface area contributed by atoms with Crippen molar-refractivity contribution in [2.24, 2.45) is 11.8 Å². The summed E-state index contributed by atoms with van der Waals surface area (Å²) in [7, 11) is 0. The molecule has 0 heterocycles. The zero-order chi connectivity index (χ0) is 43.4. The van der Waals surface area contributed by atoms with Gasteiger partial charge in [-0.3, -0.25) is 14.4 Å². The third-order valence-corrected chi connectivity index (χ3v) is 12.4. The average molecular weight is 836 g/mol. The molecule has 0 amide bonds. The molecule has 0 aliphatic rings. The highest BCUT2D eigenvalue weighted by molar-refractivity contribution is 5.70. The van der Waals surface area contributed by atoms with Crippen molar-refractivity contribution in [3.8, 4) is 0 Å². The van der Waals surface area contributed by atoms with Crippen LogP contribution in [0.25, 0.3) is 0 Å². The summed E-state index contributed by atoms with van der Waals surface area (Å²) in [6, 6.07) is 0. The zero-order valence-corrected chi connectivity index (χ0v) is 40.4. The zero-order valence-electron chi connectivity index (χ0n) is 40.4. The minimum atomic E-state index is -0.0277. The Hall–Kier alpha value is -1.63. The molecule has 0 aromatic carbocycles. The fourth-order valence-electron chi connectivity index (χ4n) is 8.40. The van der Waals surface area contributed by atoms with Gasteiger partial charge in [0, 0.05) is 19.3 Å². The van der Waals surface area contributed by atoms with E-state index in [2.05, 4.69) is 46.4 Å². The third kappa shape index (κ3) is 39.0. The SMILES string of the molecule is CCCCCC(CCCCC)CC(=O)OCCCCCCCCC(CCCCCCCCOC(=O)CC(CCCCC)CCCCC)OC(=O)CCCCN(CC)CC. The number of carbonyl (C=O) groups excluding carboxylic acids is 3. The van der Waals surface area contributed by atoms with Gasteiger partial charge < -0.3 is 19.1 Å². The van der Waals surface area contributed by atoms with E-state index in [1.165, 1.54) is 89.9 Å². The second kappa shape index (κ2) is 44.4. The number of hydrogen-bond acceptors (Lipinski definition) is 7. The average Bonchev–Trinajstić information content (AvgIpc) is 3.22. The lowest BCUT2D eigenvalue weighted by Gasteiger charge is -2.19. The Labute approximate surface area is 367 Å². The van der Waals surface area contributed by atoms with E-state index < -0.39 is 0 Å². The maximum Gasteiger partial charge on any atom is 0.306 e. The van der Waals surface area contributed by atoms with E-state index in [1.54, 1.807) is 0 Å². The minimum absolute atomic E-state index is 0.000141. The fourth-order valence-corrected chi connectivity index (χ4v) is 8.40. The highest BCUT2D eigenvalue weighted by Crippen LogP contribution is 2.24. The van der Waals surface area contributed by atoms with Crippen molar-refractivity contribution in [2.45, 2.75) is 272 Å². The largest absolute Gasteiger partial charge is 0.466 e. The van der Waals surface area contributed by atoms with Gasteiger partial charge in [-0.15, -0.1) is 0 Å². The first-order chi connectivity index (χ1) is 28.8. The van der Waals surface area contributed by atoms with Crippen LogP contribution in [0.5, 0.6) is 0 Å². The first-order valence-corrected chi connectivity index (χ1v) is 26.1. The molecule has 0 unspecified atom stereocenters. The van der Waals surface area contributed by atoms with Gasteiger partial charge in [0.25, 0.3) is 0 Å². The van der Waals surface area contributed by atoms with Crippen molar-refractivity contribution in [1.29, 1.82) is 0 Å². The van der Waals surface area contributed by atoms with Crippen molar-refractivity contribution in [2.75, 3.05) is 32.8 Å². The summed E-state index contributed by atoms with van der Waals surface area (Å²) in [6.45, 7) is 17.6. The van der Waals surface area contributed by atoms with Crippen LogP contribution in [0.15, 0.2) is 0 Å². The van der Waals surface area contributed by atoms with E-state index >= 15 is 0 Å². The maximum absolute atomic E-state index is 12.9. The van der Waals surface area contributed by atoms with E-state index in [0.29, 0.717) is 44.3 Å². The summed E-state index contributed by atoms with van der Waals surface area (Å²) < 4.78 is 17.4. The molecule has 0 bridgehead atoms. The van der Waals surface area contributed by atoms with Crippen molar-refractivity contribution in [3.05, 3.63) is 0 Å². The molecule has 0 radical (unpaired) electrons. The number of rotatable bonds is 46. The van der Waals surface area contributed by atoms with Crippen LogP contribution < -0.4 is 0 Å². The van der Waals surface area contributed by atoms with Crippen LogP contribution in [0.3, 0.4) is 0 Å². The molecule has 0 spiro atoms. The van der Waals surface area contributed by atoms with Crippen molar-refractivity contribution in [3.63, 3.8) is 0 Å². The van der Waals surface area contributed by atoms with E-state index in [4.69, 9.17) is 14.2 Å². The summed E-state index contributed by atoms with van der Waals surface area (Å²) in [5.74, 6) is 0.942. The predicted molar refractivity (Wildman–Crippen MR) is 251 cm³/mol. The van der Waals surface area contributed by atoms with Crippen LogP contribution in [0.2, 0.25) is 0 Å². The Morgan fingerprint density at radius 3 is 1.12 bits per heavy atom. The molecule has 0 N–H and O–H groups in total. The van der Waals surface area contributed by atoms with E-state index in [1.807, 2.05) is 0 Å². The van der Waals surface area contributed by atoms with Crippen LogP contribution in [0, 0.1) is 11.8 Å². The molecular formula is C52H101NO6. The lowest BCUT2D eigenvalue weighted by molar-refractivity contribution is -0.150. The molecule has 59 heavy (non-hydrogen) atoms. The molecular weight excluding hydrogens is 735 g/mol. The third-order valence-electron chi connectivity index (χ3n) is 12.4. The van der Waals surface area contributed by atoms with Crippen LogP contribution >= 0.6 is 0 Å². The number of carbonyl (C=O) groups is 3. The summed E-state index contributed by atoms with van der Waals surface area (Å²) in [4.78, 5) is 40.4. The Balaban J connectivity index is 4.46. The quantitative estimate of drug-likeness (QED) is 0.0343. The first-order valence-electron chi connectivity index (χ1n) is 26.1. The number of esters is 3. The number of unbranched alkanes of at least 4 members (excludes halogenated alkanes) is 19. The molecule has 7 heteroatoms. The number of hydrogen-bond donors (Lipinski definition) is 0. The first kappa shape index (κ1) is 57.4. The second-order valence-corrected chi connectivity index (χ2v) is 18.0. The predicted octanol–water partition coefficient (Wildman–Crippen LogP) is 15.3. The van der Waals surface area contributed by atoms with Crippen LogP contribution in [-0.2, 0) is 28.6 Å². The Morgan fingerprint density at radius 1 is 0.390 bits per heavy atom. The summed E-state index contributed by atoms with van der Waals surface area (Å²) in [6.07, 6.45) is 38.2. The fraction of sp³-hybridized carbons (Fsp3) is 0.942. The normalized spacial score (nSPS) is 11.7. The van der Waals surface area contributed by atoms with Gasteiger partial charge >= 0.3 is 17.9 Å². The lowest BCUT2D eigenvalue weighted by Crippen LogP contribution is -2.24. The van der Waals surface area contributed by atoms with Gasteiger partial charge in [-0.05, 0) is 109 Å². The summed E-state index contributed by atoms with van der Waals surface area (Å²) >= 11 is 0. The molecule has 0 aromatic rings. The van der Waals surface area contributed by atoms with Crippen LogP contribution in [-0.4, -0.2) is 61.8 Å². The summed E-state index contributed by atoms with van der Waals surface area (Å²) in [5, 5.41) is 0. The highest BCUT2D eigenvalue weighted by atomic mass is 16.5. The maximum atomic E-state index is 12.9. The van der Waals surface area contributed by atoms with E-state index in [9.17, 15) is 14.4 Å². The van der Waals surface area contributed by atoms with Crippen molar-refractivity contribution >= 4 is 17.9 Å². The topological polar surface area (TPSA) is 82.1 Å². The van der Waals surface area contributed by atoms with Crippen molar-refractivity contribution < 1.29 is 28.6 Å². The lowest BCUT2D eigenvalue weighted by atomic mass is 9.92. The van der Waals surface area contributed by atoms with Gasteiger partial charge in [-0.1, -0.05) is 170 Å². The molecule has 0 rings (SSSR count). The standard InChI is InChI=1S/C52H101NO6/c1-7-13-25-35-47(36-26-14-8-2)45-51(55)57-43-33-23-19-17-21-29-39-49(59-50(54)41-31-32-42-53(11-5)12-6)40-30-22-18-20-24-34-44-58-52(56)46-48(37-27-15-9-3)38-28-16-10-4/h47-49H,7-46H2,1-6H3. The second-order valence-electron chi connectivity index (χ2n) is 18.0. The Bertz CT molecular complexity index is 847. The Kier molecular flexibility index (Phi) is 43.2. The molecule has 0 aliphatic carbocycles. The monoisotopic (exact) mass is 836 g/mol. The molecule has 0 saturated carbocycles. The molecule has 7 nitrogen and oxygen atoms in total. The van der Waals surface area contributed by atoms with Gasteiger partial charge in [0.1, 0.15) is 6.10 Å². The van der Waals surface area contributed by atoms with Gasteiger partial charge in [-0.25, -0.2) is 0 Å². The van der Waals surface area contributed by atoms with Gasteiger partial charge in [-0.2, -0.15) is 0 Å². The minimum Gasteiger partial charge on any atom is -0.466 e. The molecule has 350 valence electrons. The number of nitrogens with zero attached hydrogens (tertiary/aromatic N) is 1. The van der Waals surface area contributed by atoms with Gasteiger partial charge in [0.2, 0.25) is 0 Å². The van der Waals surface area contributed by atoms with Crippen molar-refractivity contribution in [1.82, 2.24) is 4.90 Å². The molecule has 0 fully saturated rings. The van der Waals surface area contributed by atoms with Gasteiger partial charge in [0.15, 0.2) is 0 Å². The number of ether oxygens (including phenoxy) is 3. The molecule has 0 aromatic heterocycles. The van der Waals surface area contributed by atoms with Crippen LogP contribution in [0.4, 0.5) is 0 Å².